The molecule has 14 heteroatoms. The molecule has 0 unspecified atom stereocenters. The number of urea groups is 1. The number of carbonyl (C=O) groups excluding carboxylic acids is 1. The van der Waals surface area contributed by atoms with Crippen molar-refractivity contribution in [2.75, 3.05) is 0 Å². The predicted octanol–water partition coefficient (Wildman–Crippen LogP) is 2.72. The first-order chi connectivity index (χ1) is 11.1. The zero-order valence-electron chi connectivity index (χ0n) is 12.1. The van der Waals surface area contributed by atoms with Crippen LogP contribution >= 0.6 is 11.6 Å². The van der Waals surface area contributed by atoms with E-state index in [1.807, 2.05) is 0 Å². The Kier molecular flexibility index (Phi) is 5.86. The molecule has 142 valence electrons. The first-order valence-electron chi connectivity index (χ1n) is 6.10. The van der Waals surface area contributed by atoms with Crippen LogP contribution in [0.5, 0.6) is 0 Å². The number of sulfonamides is 1. The van der Waals surface area contributed by atoms with E-state index in [2.05, 4.69) is 0 Å². The van der Waals surface area contributed by atoms with Gasteiger partial charge in [-0.05, 0) is 19.1 Å². The van der Waals surface area contributed by atoms with Crippen molar-refractivity contribution in [3.63, 3.8) is 0 Å². The molecule has 2 amide bonds. The second-order valence-corrected chi connectivity index (χ2v) is 6.79. The van der Waals surface area contributed by atoms with Crippen molar-refractivity contribution >= 4 is 27.7 Å². The minimum Gasteiger partial charge on any atom is -0.315 e. The normalized spacial score (nSPS) is 13.4. The van der Waals surface area contributed by atoms with Crippen molar-refractivity contribution in [2.24, 2.45) is 0 Å². The number of hydrogen-bond donors (Lipinski definition) is 3. The van der Waals surface area contributed by atoms with Crippen LogP contribution in [0.25, 0.3) is 0 Å². The molecule has 6 nitrogen and oxygen atoms in total. The van der Waals surface area contributed by atoms with Crippen molar-refractivity contribution in [3.05, 3.63) is 29.3 Å². The van der Waals surface area contributed by atoms with Crippen LogP contribution in [0, 0.1) is 0 Å². The van der Waals surface area contributed by atoms with Gasteiger partial charge in [0.05, 0.1) is 5.02 Å². The molecule has 0 atom stereocenters. The number of hydrazine groups is 1. The Balaban J connectivity index is 2.92. The summed E-state index contributed by atoms with van der Waals surface area (Å²) in [4.78, 5) is 12.1. The van der Waals surface area contributed by atoms with Gasteiger partial charge in [-0.15, -0.1) is 4.83 Å². The molecule has 1 aromatic rings. The molecule has 0 aliphatic rings. The van der Waals surface area contributed by atoms with Crippen LogP contribution in [-0.4, -0.2) is 32.3 Å². The second-order valence-electron chi connectivity index (χ2n) is 4.74. The van der Waals surface area contributed by atoms with Crippen LogP contribution < -0.4 is 15.6 Å². The van der Waals surface area contributed by atoms with Gasteiger partial charge in [-0.3, -0.25) is 5.43 Å². The summed E-state index contributed by atoms with van der Waals surface area (Å²) in [5, 5.41) is 0.367. The lowest BCUT2D eigenvalue weighted by molar-refractivity contribution is -0.297. The van der Waals surface area contributed by atoms with E-state index >= 15 is 0 Å². The van der Waals surface area contributed by atoms with E-state index in [0.29, 0.717) is 5.32 Å². The van der Waals surface area contributed by atoms with Gasteiger partial charge in [0.2, 0.25) is 5.54 Å². The lowest BCUT2D eigenvalue weighted by atomic mass is 10.0. The lowest BCUT2D eigenvalue weighted by Gasteiger charge is -2.34. The third-order valence-corrected chi connectivity index (χ3v) is 4.67. The van der Waals surface area contributed by atoms with E-state index in [1.54, 1.807) is 0 Å². The first-order valence-corrected chi connectivity index (χ1v) is 7.96. The monoisotopic (exact) mass is 413 g/mol. The molecule has 0 spiro atoms. The maximum absolute atomic E-state index is 12.6. The Morgan fingerprint density at radius 2 is 1.52 bits per heavy atom. The van der Waals surface area contributed by atoms with E-state index in [-0.39, 0.29) is 11.9 Å². The van der Waals surface area contributed by atoms with Crippen molar-refractivity contribution < 1.29 is 39.6 Å². The minimum absolute atomic E-state index is 0.285. The number of halogens is 7. The summed E-state index contributed by atoms with van der Waals surface area (Å²) in [7, 11) is -4.53. The zero-order chi connectivity index (χ0) is 19.7. The number of nitrogens with one attached hydrogen (secondary N) is 3. The van der Waals surface area contributed by atoms with Crippen LogP contribution in [0.2, 0.25) is 5.02 Å². The molecular formula is C11H10ClF6N3O3S. The molecule has 0 saturated heterocycles. The third-order valence-electron chi connectivity index (χ3n) is 2.92. The van der Waals surface area contributed by atoms with Crippen LogP contribution in [-0.2, 0) is 10.0 Å². The standard InChI is InChI=1S/C11H10ClF6N3O3S/c1-9(10(13,14)15,11(16,17)18)19-8(22)20-21-25(23,24)7-5-3-2-4-6(7)12/h2-5,21H,1H3,(H2,19,20,22). The molecule has 0 radical (unpaired) electrons. The Morgan fingerprint density at radius 3 is 1.96 bits per heavy atom. The molecule has 25 heavy (non-hydrogen) atoms. The lowest BCUT2D eigenvalue weighted by Crippen LogP contribution is -2.67. The second kappa shape index (κ2) is 6.88. The number of carbonyl (C=O) groups is 1. The fourth-order valence-corrected chi connectivity index (χ4v) is 2.75. The van der Waals surface area contributed by atoms with Crippen LogP contribution in [0.4, 0.5) is 31.1 Å². The number of rotatable bonds is 4. The highest BCUT2D eigenvalue weighted by Crippen LogP contribution is 2.42. The molecular weight excluding hydrogens is 404 g/mol. The minimum atomic E-state index is -5.88. The first kappa shape index (κ1) is 21.3. The zero-order valence-corrected chi connectivity index (χ0v) is 13.7. The quantitative estimate of drug-likeness (QED) is 0.524. The molecule has 3 N–H and O–H groups in total. The Bertz CT molecular complexity index is 736. The molecule has 1 rings (SSSR count). The van der Waals surface area contributed by atoms with Gasteiger partial charge in [0, 0.05) is 0 Å². The summed E-state index contributed by atoms with van der Waals surface area (Å²) in [6, 6.07) is 2.72. The molecule has 0 heterocycles. The van der Waals surface area contributed by atoms with Crippen molar-refractivity contribution in [2.45, 2.75) is 29.7 Å². The van der Waals surface area contributed by atoms with Crippen LogP contribution in [0.3, 0.4) is 0 Å². The van der Waals surface area contributed by atoms with Gasteiger partial charge in [-0.1, -0.05) is 23.7 Å². The van der Waals surface area contributed by atoms with Crippen LogP contribution in [0.1, 0.15) is 6.92 Å². The van der Waals surface area contributed by atoms with Gasteiger partial charge in [-0.25, -0.2) is 13.2 Å². The predicted molar refractivity (Wildman–Crippen MR) is 74.0 cm³/mol. The smallest absolute Gasteiger partial charge is 0.315 e. The van der Waals surface area contributed by atoms with E-state index in [1.165, 1.54) is 28.5 Å². The van der Waals surface area contributed by atoms with Crippen LogP contribution in [0.15, 0.2) is 29.2 Å². The fourth-order valence-electron chi connectivity index (χ4n) is 1.39. The third kappa shape index (κ3) is 4.67. The summed E-state index contributed by atoms with van der Waals surface area (Å²) in [5.41, 5.74) is -3.40. The highest BCUT2D eigenvalue weighted by Gasteiger charge is 2.68. The number of alkyl halides is 6. The van der Waals surface area contributed by atoms with E-state index < -0.39 is 38.8 Å². The molecule has 0 saturated carbocycles. The Morgan fingerprint density at radius 1 is 1.04 bits per heavy atom. The van der Waals surface area contributed by atoms with Gasteiger partial charge in [0.1, 0.15) is 4.90 Å². The summed E-state index contributed by atoms with van der Waals surface area (Å²) in [6.45, 7) is -0.310. The molecule has 0 aromatic heterocycles. The highest BCUT2D eigenvalue weighted by atomic mass is 35.5. The SMILES string of the molecule is CC(NC(=O)NNS(=O)(=O)c1ccccc1Cl)(C(F)(F)F)C(F)(F)F. The summed E-state index contributed by atoms with van der Waals surface area (Å²) in [6.07, 6.45) is -11.8. The van der Waals surface area contributed by atoms with Crippen molar-refractivity contribution in [1.29, 1.82) is 0 Å². The maximum Gasteiger partial charge on any atom is 0.420 e. The average molecular weight is 414 g/mol. The average Bonchev–Trinajstić information content (AvgIpc) is 2.43. The van der Waals surface area contributed by atoms with E-state index in [9.17, 15) is 39.6 Å². The topological polar surface area (TPSA) is 87.3 Å². The molecule has 0 aliphatic carbocycles. The number of amides is 2. The van der Waals surface area contributed by atoms with E-state index in [4.69, 9.17) is 11.6 Å². The number of benzene rings is 1. The van der Waals surface area contributed by atoms with Gasteiger partial charge < -0.3 is 5.32 Å². The van der Waals surface area contributed by atoms with Crippen molar-refractivity contribution in [3.8, 4) is 0 Å². The summed E-state index contributed by atoms with van der Waals surface area (Å²) < 4.78 is 99.5. The largest absolute Gasteiger partial charge is 0.420 e. The van der Waals surface area contributed by atoms with Gasteiger partial charge in [0.15, 0.2) is 0 Å². The number of hydrogen-bond acceptors (Lipinski definition) is 3. The molecule has 0 fully saturated rings. The Hall–Kier alpha value is -1.73. The fraction of sp³-hybridized carbons (Fsp3) is 0.364. The van der Waals surface area contributed by atoms with Gasteiger partial charge in [0.25, 0.3) is 10.0 Å². The van der Waals surface area contributed by atoms with Gasteiger partial charge >= 0.3 is 18.4 Å². The maximum atomic E-state index is 12.6. The van der Waals surface area contributed by atoms with Crippen molar-refractivity contribution in [1.82, 2.24) is 15.6 Å². The molecule has 0 bridgehead atoms. The summed E-state index contributed by atoms with van der Waals surface area (Å²) in [5.74, 6) is 0. The summed E-state index contributed by atoms with van der Waals surface area (Å²) >= 11 is 5.61. The Labute approximate surface area is 142 Å². The molecule has 0 aliphatic heterocycles. The van der Waals surface area contributed by atoms with Gasteiger partial charge in [-0.2, -0.15) is 26.3 Å². The molecule has 1 aromatic carbocycles. The highest BCUT2D eigenvalue weighted by molar-refractivity contribution is 7.89. The van der Waals surface area contributed by atoms with E-state index in [0.717, 1.165) is 6.07 Å².